The number of halogens is 5. The first-order valence-corrected chi connectivity index (χ1v) is 19.7. The fraction of sp³-hybridized carbons (Fsp3) is 0.625. The molecule has 0 radical (unpaired) electrons. The van der Waals surface area contributed by atoms with Gasteiger partial charge in [0.25, 0.3) is 5.91 Å². The van der Waals surface area contributed by atoms with E-state index >= 15 is 0 Å². The predicted molar refractivity (Wildman–Crippen MR) is 188 cm³/mol. The number of nitrogens with zero attached hydrogens (tertiary/aromatic N) is 4. The average molecular weight is 770 g/mol. The molecule has 0 spiro atoms. The number of carboxylic acid groups (broad SMARTS) is 1. The largest absolute Gasteiger partial charge is 0.490 e. The molecule has 6 aliphatic carbocycles. The van der Waals surface area contributed by atoms with Crippen molar-refractivity contribution < 1.29 is 46.2 Å². The van der Waals surface area contributed by atoms with E-state index in [0.717, 1.165) is 25.5 Å². The van der Waals surface area contributed by atoms with E-state index in [1.165, 1.54) is 0 Å². The molecule has 3 aromatic rings. The number of likely N-dealkylation sites (tertiary alicyclic amines) is 1. The molecule has 2 aromatic heterocycles. The minimum absolute atomic E-state index is 0.141. The highest BCUT2D eigenvalue weighted by Gasteiger charge is 2.62. The number of alkyl halides is 5. The lowest BCUT2D eigenvalue weighted by atomic mass is 9.48. The van der Waals surface area contributed by atoms with Crippen LogP contribution in [0.4, 0.5) is 22.0 Å². The van der Waals surface area contributed by atoms with E-state index in [1.807, 2.05) is 4.90 Å². The number of benzene rings is 1. The molecule has 0 unspecified atom stereocenters. The van der Waals surface area contributed by atoms with Crippen LogP contribution in [0.5, 0.6) is 5.75 Å². The molecule has 1 aliphatic heterocycles. The third-order valence-electron chi connectivity index (χ3n) is 13.5. The van der Waals surface area contributed by atoms with Crippen LogP contribution in [0.1, 0.15) is 106 Å². The Morgan fingerprint density at radius 1 is 0.909 bits per heavy atom. The first-order valence-electron chi connectivity index (χ1n) is 19.7. The number of aliphatic carboxylic acids is 1. The maximum Gasteiger partial charge on any atom is 0.434 e. The molecular weight excluding hydrogens is 725 g/mol. The zero-order chi connectivity index (χ0) is 38.4. The van der Waals surface area contributed by atoms with E-state index in [-0.39, 0.29) is 72.9 Å². The third kappa shape index (κ3) is 6.52. The predicted octanol–water partition coefficient (Wildman–Crippen LogP) is 7.66. The summed E-state index contributed by atoms with van der Waals surface area (Å²) in [5, 5.41) is 13.5. The molecule has 10 nitrogen and oxygen atoms in total. The summed E-state index contributed by atoms with van der Waals surface area (Å²) in [7, 11) is 0. The number of hydrogen-bond acceptors (Lipinski definition) is 6. The second-order valence-electron chi connectivity index (χ2n) is 17.0. The number of nitrogens with one attached hydrogen (secondary N) is 1. The lowest BCUT2D eigenvalue weighted by molar-refractivity contribution is -0.163. The van der Waals surface area contributed by atoms with Crippen molar-refractivity contribution in [3.05, 3.63) is 41.9 Å². The Hall–Kier alpha value is -4.30. The number of carbonyl (C=O) groups is 3. The van der Waals surface area contributed by atoms with Crippen LogP contribution in [-0.2, 0) is 15.8 Å². The maximum absolute atomic E-state index is 14.8. The molecular formula is C40H44F5N5O5. The van der Waals surface area contributed by atoms with Gasteiger partial charge in [-0.05, 0) is 93.6 Å². The maximum atomic E-state index is 14.8. The SMILES string of the molecule is O=C(NC1(C(=O)O)C2CC3CC(C2)CC1C3)c1cnc(-c2cn(C3CCC(F)(F)CC3)c3cc(OC4CCN(C(=O)C5CC5)CC4)ccc23)nc1C(F)(F)F. The Labute approximate surface area is 314 Å². The van der Waals surface area contributed by atoms with Crippen LogP contribution >= 0.6 is 0 Å². The van der Waals surface area contributed by atoms with Gasteiger partial charge in [-0.2, -0.15) is 13.2 Å². The molecule has 1 saturated heterocycles. The molecule has 15 heteroatoms. The Morgan fingerprint density at radius 3 is 2.16 bits per heavy atom. The summed E-state index contributed by atoms with van der Waals surface area (Å²) in [5.74, 6) is -4.70. The van der Waals surface area contributed by atoms with Gasteiger partial charge in [0.1, 0.15) is 17.4 Å². The normalized spacial score (nSPS) is 29.4. The Balaban J connectivity index is 1.03. The molecule has 294 valence electrons. The highest BCUT2D eigenvalue weighted by molar-refractivity contribution is 6.00. The van der Waals surface area contributed by atoms with Crippen LogP contribution in [-0.4, -0.2) is 73.0 Å². The molecule has 2 amide bonds. The second-order valence-corrected chi connectivity index (χ2v) is 17.0. The third-order valence-corrected chi connectivity index (χ3v) is 13.5. The van der Waals surface area contributed by atoms with E-state index < -0.39 is 40.8 Å². The lowest BCUT2D eigenvalue weighted by Crippen LogP contribution is -2.70. The smallest absolute Gasteiger partial charge is 0.434 e. The van der Waals surface area contributed by atoms with Gasteiger partial charge in [0.05, 0.1) is 11.1 Å². The van der Waals surface area contributed by atoms with E-state index in [4.69, 9.17) is 4.74 Å². The van der Waals surface area contributed by atoms with Crippen molar-refractivity contribution >= 4 is 28.7 Å². The quantitative estimate of drug-likeness (QED) is 0.226. The number of piperidine rings is 1. The fourth-order valence-corrected chi connectivity index (χ4v) is 10.7. The van der Waals surface area contributed by atoms with Crippen LogP contribution in [0, 0.1) is 29.6 Å². The van der Waals surface area contributed by atoms with E-state index in [0.29, 0.717) is 80.1 Å². The van der Waals surface area contributed by atoms with Gasteiger partial charge in [-0.3, -0.25) is 9.59 Å². The topological polar surface area (TPSA) is 127 Å². The molecule has 0 atom stereocenters. The first-order chi connectivity index (χ1) is 26.2. The summed E-state index contributed by atoms with van der Waals surface area (Å²) in [6, 6.07) is 4.79. The summed E-state index contributed by atoms with van der Waals surface area (Å²) < 4.78 is 81.0. The number of amides is 2. The highest BCUT2D eigenvalue weighted by atomic mass is 19.4. The van der Waals surface area contributed by atoms with Gasteiger partial charge >= 0.3 is 12.1 Å². The standard InChI is InChI=1S/C40H44F5N5O5/c41-38(42)9-5-26(6-10-38)50-20-31(29-4-3-28(18-32(29)50)55-27-7-11-49(12-8-27)36(52)23-1-2-23)34-46-19-30(33(47-34)40(43,44)45)35(51)48-39(37(53)54)24-14-21-13-22(16-24)17-25(39)15-21/h3-4,18-27H,1-2,5-17H2,(H,48,51)(H,53,54). The number of fused-ring (bicyclic) bond motifs is 1. The molecule has 2 N–H and O–H groups in total. The summed E-state index contributed by atoms with van der Waals surface area (Å²) in [4.78, 5) is 49.2. The molecule has 7 aliphatic rings. The number of carbonyl (C=O) groups excluding carboxylic acids is 2. The summed E-state index contributed by atoms with van der Waals surface area (Å²) >= 11 is 0. The summed E-state index contributed by atoms with van der Waals surface area (Å²) in [6.07, 6.45) is 3.41. The average Bonchev–Trinajstić information content (AvgIpc) is 3.93. The van der Waals surface area contributed by atoms with Crippen molar-refractivity contribution in [3.8, 4) is 17.1 Å². The van der Waals surface area contributed by atoms with E-state index in [9.17, 15) is 41.4 Å². The fourth-order valence-electron chi connectivity index (χ4n) is 10.7. The molecule has 55 heavy (non-hydrogen) atoms. The minimum atomic E-state index is -5.09. The monoisotopic (exact) mass is 769 g/mol. The van der Waals surface area contributed by atoms with Gasteiger partial charge in [-0.15, -0.1) is 0 Å². The minimum Gasteiger partial charge on any atom is -0.490 e. The number of carboxylic acids is 1. The van der Waals surface area contributed by atoms with Crippen molar-refractivity contribution in [2.45, 2.75) is 113 Å². The van der Waals surface area contributed by atoms with Crippen LogP contribution < -0.4 is 10.1 Å². The number of aromatic nitrogens is 3. The zero-order valence-corrected chi connectivity index (χ0v) is 30.3. The highest BCUT2D eigenvalue weighted by Crippen LogP contribution is 2.58. The molecule has 7 fully saturated rings. The van der Waals surface area contributed by atoms with Crippen molar-refractivity contribution in [1.29, 1.82) is 0 Å². The van der Waals surface area contributed by atoms with Gasteiger partial charge in [-0.1, -0.05) is 0 Å². The number of rotatable bonds is 8. The van der Waals surface area contributed by atoms with Gasteiger partial charge in [0.15, 0.2) is 11.5 Å². The van der Waals surface area contributed by atoms with Crippen LogP contribution in [0.3, 0.4) is 0 Å². The molecule has 4 bridgehead atoms. The van der Waals surface area contributed by atoms with Crippen molar-refractivity contribution in [3.63, 3.8) is 0 Å². The van der Waals surface area contributed by atoms with Gasteiger partial charge in [-0.25, -0.2) is 23.5 Å². The van der Waals surface area contributed by atoms with Crippen molar-refractivity contribution in [2.75, 3.05) is 13.1 Å². The molecule has 3 heterocycles. The second kappa shape index (κ2) is 13.1. The molecule has 1 aromatic carbocycles. The Morgan fingerprint density at radius 2 is 1.56 bits per heavy atom. The molecule has 6 saturated carbocycles. The summed E-state index contributed by atoms with van der Waals surface area (Å²) in [6.45, 7) is 1.18. The Kier molecular flexibility index (Phi) is 8.69. The van der Waals surface area contributed by atoms with Gasteiger partial charge in [0, 0.05) is 80.1 Å². The van der Waals surface area contributed by atoms with Gasteiger partial charge in [0.2, 0.25) is 11.8 Å². The summed E-state index contributed by atoms with van der Waals surface area (Å²) in [5.41, 5.74) is -3.21. The van der Waals surface area contributed by atoms with Crippen molar-refractivity contribution in [1.82, 2.24) is 24.8 Å². The van der Waals surface area contributed by atoms with E-state index in [1.54, 1.807) is 29.0 Å². The lowest BCUT2D eigenvalue weighted by Gasteiger charge is -2.59. The number of hydrogen-bond donors (Lipinski definition) is 2. The van der Waals surface area contributed by atoms with E-state index in [2.05, 4.69) is 15.3 Å². The Bertz CT molecular complexity index is 2000. The van der Waals surface area contributed by atoms with Crippen LogP contribution in [0.2, 0.25) is 0 Å². The van der Waals surface area contributed by atoms with Crippen LogP contribution in [0.15, 0.2) is 30.6 Å². The zero-order valence-electron chi connectivity index (χ0n) is 30.3. The van der Waals surface area contributed by atoms with Crippen molar-refractivity contribution in [2.24, 2.45) is 29.6 Å². The first kappa shape index (κ1) is 36.3. The molecule has 10 rings (SSSR count). The van der Waals surface area contributed by atoms with Crippen LogP contribution in [0.25, 0.3) is 22.3 Å². The van der Waals surface area contributed by atoms with Gasteiger partial charge < -0.3 is 24.6 Å². The number of ether oxygens (including phenoxy) is 1.